The zero-order valence-electron chi connectivity index (χ0n) is 24.4. The van der Waals surface area contributed by atoms with Crippen LogP contribution in [0.3, 0.4) is 0 Å². The van der Waals surface area contributed by atoms with Crippen molar-refractivity contribution in [3.05, 3.63) is 115 Å². The normalized spacial score (nSPS) is 13.0. The van der Waals surface area contributed by atoms with Gasteiger partial charge in [-0.05, 0) is 54.6 Å². The molecule has 12 nitrogen and oxygen atoms in total. The molecule has 5 heterocycles. The third kappa shape index (κ3) is 6.76. The van der Waals surface area contributed by atoms with Gasteiger partial charge >= 0.3 is 0 Å². The predicted molar refractivity (Wildman–Crippen MR) is 175 cm³/mol. The van der Waals surface area contributed by atoms with Crippen LogP contribution in [-0.2, 0) is 17.8 Å². The Morgan fingerprint density at radius 1 is 0.978 bits per heavy atom. The van der Waals surface area contributed by atoms with E-state index in [0.717, 1.165) is 4.88 Å². The van der Waals surface area contributed by atoms with Crippen molar-refractivity contribution in [1.29, 1.82) is 0 Å². The van der Waals surface area contributed by atoms with Gasteiger partial charge in [0.05, 0.1) is 36.3 Å². The number of morpholine rings is 1. The van der Waals surface area contributed by atoms with E-state index in [1.54, 1.807) is 36.4 Å². The third-order valence-corrected chi connectivity index (χ3v) is 8.63. The van der Waals surface area contributed by atoms with Crippen molar-refractivity contribution in [2.45, 2.75) is 13.1 Å². The van der Waals surface area contributed by atoms with Crippen LogP contribution in [0.4, 0.5) is 11.5 Å². The second-order valence-corrected chi connectivity index (χ2v) is 12.2. The highest BCUT2D eigenvalue weighted by Gasteiger charge is 2.23. The van der Waals surface area contributed by atoms with Gasteiger partial charge in [-0.2, -0.15) is 9.78 Å². The molecular weight excluding hydrogens is 630 g/mol. The Morgan fingerprint density at radius 2 is 1.74 bits per heavy atom. The van der Waals surface area contributed by atoms with Gasteiger partial charge in [-0.3, -0.25) is 28.7 Å². The van der Waals surface area contributed by atoms with Crippen LogP contribution in [0.5, 0.6) is 0 Å². The summed E-state index contributed by atoms with van der Waals surface area (Å²) in [5.41, 5.74) is 6.98. The molecule has 14 heteroatoms. The molecule has 0 saturated carbocycles. The minimum Gasteiger partial charge on any atom is -0.378 e. The number of hydrogen-bond donors (Lipinski definition) is 2. The zero-order chi connectivity index (χ0) is 32.2. The van der Waals surface area contributed by atoms with Crippen LogP contribution in [-0.4, -0.2) is 63.2 Å². The van der Waals surface area contributed by atoms with Crippen LogP contribution in [0.25, 0.3) is 11.4 Å². The van der Waals surface area contributed by atoms with Crippen LogP contribution < -0.4 is 21.5 Å². The Kier molecular flexibility index (Phi) is 9.06. The number of carbonyl (C=O) groups is 3. The van der Waals surface area contributed by atoms with E-state index >= 15 is 0 Å². The number of hydrogen-bond acceptors (Lipinski definition) is 10. The Labute approximate surface area is 272 Å². The van der Waals surface area contributed by atoms with Gasteiger partial charge in [-0.1, -0.05) is 17.7 Å². The average Bonchev–Trinajstić information content (AvgIpc) is 3.70. The van der Waals surface area contributed by atoms with Crippen LogP contribution in [0, 0.1) is 0 Å². The van der Waals surface area contributed by atoms with E-state index in [1.807, 2.05) is 11.0 Å². The molecule has 0 spiro atoms. The van der Waals surface area contributed by atoms with Gasteiger partial charge in [0, 0.05) is 53.1 Å². The first-order chi connectivity index (χ1) is 22.3. The summed E-state index contributed by atoms with van der Waals surface area (Å²) in [5, 5.41) is 7.92. The molecule has 1 fully saturated rings. The third-order valence-electron chi connectivity index (χ3n) is 7.39. The summed E-state index contributed by atoms with van der Waals surface area (Å²) in [7, 11) is 0. The molecule has 1 aliphatic rings. The molecule has 0 radical (unpaired) electrons. The second kappa shape index (κ2) is 13.5. The van der Waals surface area contributed by atoms with Crippen molar-refractivity contribution >= 4 is 52.0 Å². The van der Waals surface area contributed by atoms with Crippen molar-refractivity contribution in [1.82, 2.24) is 19.3 Å². The Hall–Kier alpha value is -5.11. The van der Waals surface area contributed by atoms with E-state index in [2.05, 4.69) is 15.4 Å². The summed E-state index contributed by atoms with van der Waals surface area (Å²) >= 11 is 7.52. The molecule has 3 N–H and O–H groups in total. The number of rotatable bonds is 10. The summed E-state index contributed by atoms with van der Waals surface area (Å²) in [5.74, 6) is -1.12. The fraction of sp³-hybridized carbons (Fsp3) is 0.188. The van der Waals surface area contributed by atoms with Gasteiger partial charge in [-0.25, -0.2) is 0 Å². The molecule has 0 unspecified atom stereocenters. The van der Waals surface area contributed by atoms with Gasteiger partial charge in [0.2, 0.25) is 11.7 Å². The first kappa shape index (κ1) is 30.9. The van der Waals surface area contributed by atoms with E-state index in [4.69, 9.17) is 22.1 Å². The summed E-state index contributed by atoms with van der Waals surface area (Å²) in [4.78, 5) is 59.4. The molecule has 0 atom stereocenters. The van der Waals surface area contributed by atoms with Gasteiger partial charge in [-0.15, -0.1) is 11.3 Å². The minimum absolute atomic E-state index is 0.217. The first-order valence-electron chi connectivity index (χ1n) is 14.3. The van der Waals surface area contributed by atoms with Crippen molar-refractivity contribution in [3.8, 4) is 11.4 Å². The zero-order valence-corrected chi connectivity index (χ0v) is 26.0. The SMILES string of the molecule is NC(=O)c1ccc(C(=O)n2nc(-c3cc(N4CCOCC4)cc(=O)n3CC(=O)c3ccccn3)cc2NCc2ccc(Cl)s2)cc1. The van der Waals surface area contributed by atoms with Gasteiger partial charge < -0.3 is 20.7 Å². The summed E-state index contributed by atoms with van der Waals surface area (Å²) < 4.78 is 8.65. The number of nitrogens with zero attached hydrogens (tertiary/aromatic N) is 5. The Morgan fingerprint density at radius 3 is 2.41 bits per heavy atom. The highest BCUT2D eigenvalue weighted by Crippen LogP contribution is 2.28. The van der Waals surface area contributed by atoms with Crippen LogP contribution in [0.15, 0.2) is 83.8 Å². The van der Waals surface area contributed by atoms with Crippen LogP contribution in [0.2, 0.25) is 4.34 Å². The molecule has 46 heavy (non-hydrogen) atoms. The molecule has 1 aliphatic heterocycles. The monoisotopic (exact) mass is 657 g/mol. The number of anilines is 2. The standard InChI is InChI=1S/C32H28ClN7O5S/c33-28-9-8-23(46-28)18-36-29-17-25(37-40(29)32(44)21-6-4-20(5-7-21)31(34)43)26-15-22(38-11-13-45-14-12-38)16-30(42)39(26)19-27(41)24-3-1-2-10-35-24/h1-10,15-17,36H,11-14,18-19H2,(H2,34,43). The average molecular weight is 658 g/mol. The molecule has 4 aromatic heterocycles. The molecule has 1 amide bonds. The maximum Gasteiger partial charge on any atom is 0.280 e. The number of Topliss-reactive ketones (excluding diaryl/α,β-unsaturated/α-hetero) is 1. The van der Waals surface area contributed by atoms with E-state index in [9.17, 15) is 19.2 Å². The number of amides is 1. The summed E-state index contributed by atoms with van der Waals surface area (Å²) in [6.07, 6.45) is 1.51. The van der Waals surface area contributed by atoms with E-state index < -0.39 is 17.4 Å². The summed E-state index contributed by atoms with van der Waals surface area (Å²) in [6, 6.07) is 19.5. The molecule has 1 saturated heterocycles. The topological polar surface area (TPSA) is 154 Å². The fourth-order valence-electron chi connectivity index (χ4n) is 5.03. The molecule has 1 aromatic carbocycles. The number of thiophene rings is 1. The smallest absolute Gasteiger partial charge is 0.280 e. The number of ketones is 1. The molecular formula is C32H28ClN7O5S. The number of carbonyl (C=O) groups excluding carboxylic acids is 3. The molecule has 0 aliphatic carbocycles. The number of pyridine rings is 2. The maximum atomic E-state index is 13.8. The number of primary amides is 1. The Bertz CT molecular complexity index is 1960. The molecule has 234 valence electrons. The van der Waals surface area contributed by atoms with Gasteiger partial charge in [0.15, 0.2) is 0 Å². The lowest BCUT2D eigenvalue weighted by atomic mass is 10.1. The number of nitrogens with two attached hydrogens (primary N) is 1. The van der Waals surface area contributed by atoms with E-state index in [0.29, 0.717) is 54.4 Å². The highest BCUT2D eigenvalue weighted by molar-refractivity contribution is 7.16. The lowest BCUT2D eigenvalue weighted by Crippen LogP contribution is -2.37. The van der Waals surface area contributed by atoms with Gasteiger partial charge in [0.25, 0.3) is 11.5 Å². The lowest BCUT2D eigenvalue weighted by molar-refractivity contribution is 0.0943. The number of ether oxygens (including phenoxy) is 1. The van der Waals surface area contributed by atoms with Crippen molar-refractivity contribution in [2.24, 2.45) is 5.73 Å². The maximum absolute atomic E-state index is 13.8. The number of halogens is 1. The molecule has 0 bridgehead atoms. The first-order valence-corrected chi connectivity index (χ1v) is 15.5. The van der Waals surface area contributed by atoms with Crippen LogP contribution >= 0.6 is 22.9 Å². The molecule has 6 rings (SSSR count). The largest absolute Gasteiger partial charge is 0.378 e. The predicted octanol–water partition coefficient (Wildman–Crippen LogP) is 3.94. The van der Waals surface area contributed by atoms with Crippen molar-refractivity contribution < 1.29 is 19.1 Å². The van der Waals surface area contributed by atoms with Gasteiger partial charge in [0.1, 0.15) is 17.2 Å². The number of benzene rings is 1. The number of nitrogens with one attached hydrogen (secondary N) is 1. The Balaban J connectivity index is 1.45. The fourth-order valence-corrected chi connectivity index (χ4v) is 6.05. The van der Waals surface area contributed by atoms with E-state index in [-0.39, 0.29) is 34.8 Å². The lowest BCUT2D eigenvalue weighted by Gasteiger charge is -2.29. The summed E-state index contributed by atoms with van der Waals surface area (Å²) in [6.45, 7) is 2.24. The minimum atomic E-state index is -0.615. The molecule has 5 aromatic rings. The van der Waals surface area contributed by atoms with Crippen LogP contribution in [0.1, 0.15) is 36.1 Å². The highest BCUT2D eigenvalue weighted by atomic mass is 35.5. The number of aromatic nitrogens is 4. The quantitative estimate of drug-likeness (QED) is 0.213. The van der Waals surface area contributed by atoms with Crippen molar-refractivity contribution in [2.75, 3.05) is 36.5 Å². The second-order valence-electron chi connectivity index (χ2n) is 10.4. The van der Waals surface area contributed by atoms with E-state index in [1.165, 1.54) is 57.1 Å². The van der Waals surface area contributed by atoms with Crippen molar-refractivity contribution in [3.63, 3.8) is 0 Å².